The van der Waals surface area contributed by atoms with Gasteiger partial charge in [-0.2, -0.15) is 10.4 Å². The molecule has 0 aliphatic carbocycles. The highest BCUT2D eigenvalue weighted by Gasteiger charge is 1.90. The molecule has 4 heteroatoms. The Morgan fingerprint density at radius 2 is 2.00 bits per heavy atom. The van der Waals surface area contributed by atoms with Crippen LogP contribution in [0.25, 0.3) is 0 Å². The van der Waals surface area contributed by atoms with Crippen molar-refractivity contribution in [3.63, 3.8) is 0 Å². The molecule has 4 nitrogen and oxygen atoms in total. The molecule has 0 bridgehead atoms. The predicted octanol–water partition coefficient (Wildman–Crippen LogP) is 1.06. The highest BCUT2D eigenvalue weighted by molar-refractivity contribution is 5.43. The van der Waals surface area contributed by atoms with Crippen molar-refractivity contribution in [2.24, 2.45) is 0 Å². The van der Waals surface area contributed by atoms with Gasteiger partial charge in [-0.25, -0.2) is 0 Å². The van der Waals surface area contributed by atoms with Crippen LogP contribution >= 0.6 is 0 Å². The van der Waals surface area contributed by atoms with Crippen molar-refractivity contribution in [1.82, 2.24) is 5.48 Å². The number of hydrogen-bond acceptors (Lipinski definition) is 4. The van der Waals surface area contributed by atoms with Crippen LogP contribution in [0, 0.1) is 5.21 Å². The monoisotopic (exact) mass is 153 g/mol. The maximum atomic E-state index is 10.9. The van der Waals surface area contributed by atoms with Crippen LogP contribution in [-0.4, -0.2) is 7.05 Å². The average Bonchev–Trinajstić information content (AvgIpc) is 2.07. The van der Waals surface area contributed by atoms with Crippen molar-refractivity contribution in [2.75, 3.05) is 12.3 Å². The summed E-state index contributed by atoms with van der Waals surface area (Å²) in [5.41, 5.74) is 2.74. The lowest BCUT2D eigenvalue weighted by molar-refractivity contribution is 0.0554. The van der Waals surface area contributed by atoms with Crippen molar-refractivity contribution in [3.8, 4) is 0 Å². The van der Waals surface area contributed by atoms with E-state index >= 15 is 0 Å². The summed E-state index contributed by atoms with van der Waals surface area (Å²) in [5, 5.41) is 11.3. The fourth-order valence-corrected chi connectivity index (χ4v) is 0.685. The highest BCUT2D eigenvalue weighted by atomic mass is 17.0. The van der Waals surface area contributed by atoms with Crippen LogP contribution in [0.1, 0.15) is 0 Å². The van der Waals surface area contributed by atoms with E-state index in [4.69, 9.17) is 0 Å². The Morgan fingerprint density at radius 3 is 2.55 bits per heavy atom. The zero-order valence-electron chi connectivity index (χ0n) is 6.15. The maximum absolute atomic E-state index is 10.9. The van der Waals surface area contributed by atoms with Gasteiger partial charge in [-0.3, -0.25) is 5.23 Å². The Bertz CT molecular complexity index is 203. The van der Waals surface area contributed by atoms with Gasteiger partial charge in [0.15, 0.2) is 0 Å². The van der Waals surface area contributed by atoms with Gasteiger partial charge < -0.3 is 5.21 Å². The third-order valence-electron chi connectivity index (χ3n) is 1.14. The lowest BCUT2D eigenvalue weighted by atomic mass is 10.3. The molecule has 60 valence electrons. The second kappa shape index (κ2) is 3.92. The summed E-state index contributed by atoms with van der Waals surface area (Å²) in [7, 11) is 1.52. The first-order valence-corrected chi connectivity index (χ1v) is 3.20. The van der Waals surface area contributed by atoms with E-state index < -0.39 is 0 Å². The molecule has 0 aliphatic heterocycles. The number of nitrogens with zero attached hydrogens (tertiary/aromatic N) is 1. The molecule has 0 unspecified atom stereocenters. The number of hydroxylamine groups is 1. The van der Waals surface area contributed by atoms with Crippen LogP contribution in [0.2, 0.25) is 0 Å². The lowest BCUT2D eigenvalue weighted by Gasteiger charge is -2.26. The van der Waals surface area contributed by atoms with Crippen LogP contribution in [0.3, 0.4) is 0 Å². The standard InChI is InChI=1S/C7H9N2O2/c1-8-11-9(10)7-5-3-2-4-6-7/h2-6,8H,1H3/q-1. The summed E-state index contributed by atoms with van der Waals surface area (Å²) in [6, 6.07) is 8.67. The molecule has 0 saturated carbocycles. The van der Waals surface area contributed by atoms with Crippen LogP contribution in [0.15, 0.2) is 30.3 Å². The second-order valence-corrected chi connectivity index (χ2v) is 1.89. The highest BCUT2D eigenvalue weighted by Crippen LogP contribution is 2.10. The van der Waals surface area contributed by atoms with E-state index in [1.807, 2.05) is 6.07 Å². The van der Waals surface area contributed by atoms with Crippen molar-refractivity contribution in [2.45, 2.75) is 0 Å². The fraction of sp³-hybridized carbons (Fsp3) is 0.143. The first-order chi connectivity index (χ1) is 5.34. The first-order valence-electron chi connectivity index (χ1n) is 3.20. The summed E-state index contributed by atoms with van der Waals surface area (Å²) < 4.78 is 0. The molecule has 11 heavy (non-hydrogen) atoms. The van der Waals surface area contributed by atoms with Crippen LogP contribution < -0.4 is 10.7 Å². The van der Waals surface area contributed by atoms with E-state index in [-0.39, 0.29) is 0 Å². The van der Waals surface area contributed by atoms with Gasteiger partial charge in [0.1, 0.15) is 0 Å². The molecule has 0 saturated heterocycles. The predicted molar refractivity (Wildman–Crippen MR) is 42.4 cm³/mol. The Hall–Kier alpha value is -1.10. The molecule has 0 aromatic heterocycles. The van der Waals surface area contributed by atoms with E-state index in [1.165, 1.54) is 7.05 Å². The van der Waals surface area contributed by atoms with E-state index in [0.717, 1.165) is 0 Å². The second-order valence-electron chi connectivity index (χ2n) is 1.89. The van der Waals surface area contributed by atoms with Crippen molar-refractivity contribution < 1.29 is 4.94 Å². The number of para-hydroxylation sites is 1. The van der Waals surface area contributed by atoms with E-state index in [0.29, 0.717) is 10.9 Å². The van der Waals surface area contributed by atoms with Gasteiger partial charge in [-0.05, 0) is 12.1 Å². The average molecular weight is 153 g/mol. The first kappa shape index (κ1) is 8.00. The number of hydrogen-bond donors (Lipinski definition) is 1. The van der Waals surface area contributed by atoms with Crippen LogP contribution in [0.4, 0.5) is 5.69 Å². The molecule has 0 radical (unpaired) electrons. The number of anilines is 1. The Balaban J connectivity index is 2.61. The van der Waals surface area contributed by atoms with Crippen LogP contribution in [-0.2, 0) is 4.94 Å². The maximum Gasteiger partial charge on any atom is 0.0530 e. The summed E-state index contributed by atoms with van der Waals surface area (Å²) >= 11 is 0. The minimum atomic E-state index is 0.403. The van der Waals surface area contributed by atoms with Gasteiger partial charge in [0, 0.05) is 7.05 Å². The molecule has 0 heterocycles. The van der Waals surface area contributed by atoms with E-state index in [2.05, 4.69) is 10.4 Å². The fourth-order valence-electron chi connectivity index (χ4n) is 0.685. The number of rotatable bonds is 3. The summed E-state index contributed by atoms with van der Waals surface area (Å²) in [5.74, 6) is 0. The topological polar surface area (TPSA) is 47.6 Å². The smallest absolute Gasteiger partial charge is 0.0530 e. The Morgan fingerprint density at radius 1 is 1.36 bits per heavy atom. The van der Waals surface area contributed by atoms with Crippen molar-refractivity contribution in [3.05, 3.63) is 35.5 Å². The summed E-state index contributed by atoms with van der Waals surface area (Å²) in [4.78, 5) is 4.46. The Labute approximate surface area is 64.9 Å². The Kier molecular flexibility index (Phi) is 2.85. The molecule has 1 N–H and O–H groups in total. The summed E-state index contributed by atoms with van der Waals surface area (Å²) in [6.07, 6.45) is 0. The molecular weight excluding hydrogens is 144 g/mol. The zero-order chi connectivity index (χ0) is 8.10. The number of benzene rings is 1. The SMILES string of the molecule is CNON([O-])c1ccccc1. The third-order valence-corrected chi connectivity index (χ3v) is 1.14. The largest absolute Gasteiger partial charge is 0.732 e. The molecule has 1 rings (SSSR count). The molecule has 0 atom stereocenters. The van der Waals surface area contributed by atoms with Crippen LogP contribution in [0.5, 0.6) is 0 Å². The minimum Gasteiger partial charge on any atom is -0.732 e. The number of nitrogens with one attached hydrogen (secondary N) is 1. The van der Waals surface area contributed by atoms with Crippen molar-refractivity contribution in [1.29, 1.82) is 0 Å². The lowest BCUT2D eigenvalue weighted by Crippen LogP contribution is -2.23. The molecule has 1 aromatic rings. The zero-order valence-corrected chi connectivity index (χ0v) is 6.15. The molecule has 0 spiro atoms. The quantitative estimate of drug-likeness (QED) is 0.659. The van der Waals surface area contributed by atoms with Gasteiger partial charge in [0.25, 0.3) is 0 Å². The van der Waals surface area contributed by atoms with Gasteiger partial charge in [-0.15, -0.1) is 0 Å². The van der Waals surface area contributed by atoms with Gasteiger partial charge in [0.2, 0.25) is 0 Å². The molecule has 0 fully saturated rings. The molecule has 1 aromatic carbocycles. The summed E-state index contributed by atoms with van der Waals surface area (Å²) in [6.45, 7) is 0. The van der Waals surface area contributed by atoms with Gasteiger partial charge in [0.05, 0.1) is 5.69 Å². The molecule has 0 amide bonds. The van der Waals surface area contributed by atoms with Gasteiger partial charge in [-0.1, -0.05) is 18.2 Å². The van der Waals surface area contributed by atoms with E-state index in [1.54, 1.807) is 24.3 Å². The minimum absolute atomic E-state index is 0.403. The molecule has 0 aliphatic rings. The van der Waals surface area contributed by atoms with Crippen molar-refractivity contribution >= 4 is 5.69 Å². The normalized spacial score (nSPS) is 9.64. The van der Waals surface area contributed by atoms with Gasteiger partial charge >= 0.3 is 0 Å². The van der Waals surface area contributed by atoms with E-state index in [9.17, 15) is 5.21 Å². The molecular formula is C7H9N2O2-. The third kappa shape index (κ3) is 2.19.